The third-order valence-electron chi connectivity index (χ3n) is 3.87. The molecule has 0 aromatic heterocycles. The first-order valence-electron chi connectivity index (χ1n) is 6.28. The quantitative estimate of drug-likeness (QED) is 0.917. The number of carboxylic acid groups (broad SMARTS) is 1. The highest BCUT2D eigenvalue weighted by molar-refractivity contribution is 5.81. The number of hydrogen-bond donors (Lipinski definition) is 1. The number of ether oxygens (including phenoxy) is 1. The van der Waals surface area contributed by atoms with E-state index >= 15 is 0 Å². The van der Waals surface area contributed by atoms with Crippen molar-refractivity contribution in [2.45, 2.75) is 37.5 Å². The number of hydrogen-bond acceptors (Lipinski definition) is 2. The summed E-state index contributed by atoms with van der Waals surface area (Å²) in [6, 6.07) is 1.89. The summed E-state index contributed by atoms with van der Waals surface area (Å²) in [4.78, 5) is 11.6. The molecule has 1 aliphatic carbocycles. The van der Waals surface area contributed by atoms with E-state index in [2.05, 4.69) is 0 Å². The first-order chi connectivity index (χ1) is 9.01. The number of benzene rings is 1. The Hall–Kier alpha value is -1.65. The topological polar surface area (TPSA) is 46.5 Å². The molecule has 0 unspecified atom stereocenters. The Morgan fingerprint density at radius 1 is 1.21 bits per heavy atom. The Kier molecular flexibility index (Phi) is 3.73. The molecule has 0 heterocycles. The maximum atomic E-state index is 14.0. The standard InChI is InChI=1S/C14H16F2O3/c1-19-12-7-9(10(15)8-11(12)16)14(13(17)18)5-3-2-4-6-14/h7-8H,2-6H2,1H3,(H,17,18). The fourth-order valence-corrected chi connectivity index (χ4v) is 2.81. The second-order valence-electron chi connectivity index (χ2n) is 4.91. The van der Waals surface area contributed by atoms with Crippen molar-refractivity contribution in [3.8, 4) is 5.75 Å². The Morgan fingerprint density at radius 3 is 2.37 bits per heavy atom. The lowest BCUT2D eigenvalue weighted by molar-refractivity contribution is -0.145. The van der Waals surface area contributed by atoms with E-state index in [9.17, 15) is 18.7 Å². The Labute approximate surface area is 110 Å². The van der Waals surface area contributed by atoms with Crippen LogP contribution >= 0.6 is 0 Å². The smallest absolute Gasteiger partial charge is 0.314 e. The van der Waals surface area contributed by atoms with Gasteiger partial charge in [-0.1, -0.05) is 19.3 Å². The van der Waals surface area contributed by atoms with E-state index in [1.54, 1.807) is 0 Å². The molecule has 19 heavy (non-hydrogen) atoms. The van der Waals surface area contributed by atoms with Crippen molar-refractivity contribution in [3.05, 3.63) is 29.3 Å². The molecule has 1 fully saturated rings. The molecule has 0 bridgehead atoms. The van der Waals surface area contributed by atoms with E-state index in [-0.39, 0.29) is 11.3 Å². The third kappa shape index (κ3) is 2.29. The second-order valence-corrected chi connectivity index (χ2v) is 4.91. The highest BCUT2D eigenvalue weighted by Crippen LogP contribution is 2.42. The van der Waals surface area contributed by atoms with Crippen LogP contribution in [0.5, 0.6) is 5.75 Å². The minimum Gasteiger partial charge on any atom is -0.494 e. The van der Waals surface area contributed by atoms with Crippen LogP contribution in [0.1, 0.15) is 37.7 Å². The molecule has 1 N–H and O–H groups in total. The molecule has 3 nitrogen and oxygen atoms in total. The van der Waals surface area contributed by atoms with Crippen molar-refractivity contribution in [3.63, 3.8) is 0 Å². The SMILES string of the molecule is COc1cc(C2(C(=O)O)CCCCC2)c(F)cc1F. The molecule has 1 aromatic carbocycles. The van der Waals surface area contributed by atoms with Gasteiger partial charge in [-0.25, -0.2) is 8.78 Å². The first kappa shape index (κ1) is 13.8. The molecule has 1 saturated carbocycles. The largest absolute Gasteiger partial charge is 0.494 e. The molecule has 1 aromatic rings. The zero-order valence-corrected chi connectivity index (χ0v) is 10.7. The summed E-state index contributed by atoms with van der Waals surface area (Å²) >= 11 is 0. The van der Waals surface area contributed by atoms with Gasteiger partial charge >= 0.3 is 5.97 Å². The fraction of sp³-hybridized carbons (Fsp3) is 0.500. The number of carbonyl (C=O) groups is 1. The molecule has 2 rings (SSSR count). The monoisotopic (exact) mass is 270 g/mol. The number of carboxylic acids is 1. The maximum absolute atomic E-state index is 14.0. The average Bonchev–Trinajstić information content (AvgIpc) is 2.39. The van der Waals surface area contributed by atoms with Gasteiger partial charge in [-0.3, -0.25) is 4.79 Å². The van der Waals surface area contributed by atoms with E-state index in [1.165, 1.54) is 13.2 Å². The Bertz CT molecular complexity index is 494. The van der Waals surface area contributed by atoms with Gasteiger partial charge in [0.05, 0.1) is 12.5 Å². The van der Waals surface area contributed by atoms with Crippen molar-refractivity contribution in [2.75, 3.05) is 7.11 Å². The molecule has 0 radical (unpaired) electrons. The van der Waals surface area contributed by atoms with Gasteiger partial charge in [-0.05, 0) is 18.9 Å². The summed E-state index contributed by atoms with van der Waals surface area (Å²) in [5, 5.41) is 9.50. The molecule has 0 aliphatic heterocycles. The van der Waals surface area contributed by atoms with Gasteiger partial charge in [0.1, 0.15) is 5.82 Å². The zero-order valence-electron chi connectivity index (χ0n) is 10.7. The van der Waals surface area contributed by atoms with E-state index < -0.39 is 23.0 Å². The van der Waals surface area contributed by atoms with Crippen LogP contribution in [0.15, 0.2) is 12.1 Å². The molecule has 0 spiro atoms. The van der Waals surface area contributed by atoms with Crippen molar-refractivity contribution >= 4 is 5.97 Å². The van der Waals surface area contributed by atoms with Gasteiger partial charge in [0.15, 0.2) is 11.6 Å². The van der Waals surface area contributed by atoms with Crippen LogP contribution in [0.2, 0.25) is 0 Å². The first-order valence-corrected chi connectivity index (χ1v) is 6.28. The maximum Gasteiger partial charge on any atom is 0.314 e. The second kappa shape index (κ2) is 5.15. The molecule has 0 saturated heterocycles. The summed E-state index contributed by atoms with van der Waals surface area (Å²) in [6.45, 7) is 0. The molecule has 5 heteroatoms. The lowest BCUT2D eigenvalue weighted by atomic mass is 9.69. The van der Waals surface area contributed by atoms with E-state index in [4.69, 9.17) is 4.74 Å². The van der Waals surface area contributed by atoms with Crippen LogP contribution in [-0.2, 0) is 10.2 Å². The summed E-state index contributed by atoms with van der Waals surface area (Å²) in [7, 11) is 1.27. The van der Waals surface area contributed by atoms with Crippen molar-refractivity contribution in [1.29, 1.82) is 0 Å². The van der Waals surface area contributed by atoms with Gasteiger partial charge in [-0.2, -0.15) is 0 Å². The summed E-state index contributed by atoms with van der Waals surface area (Å²) in [5.74, 6) is -2.81. The lowest BCUT2D eigenvalue weighted by Crippen LogP contribution is -2.38. The zero-order chi connectivity index (χ0) is 14.0. The molecular weight excluding hydrogens is 254 g/mol. The highest BCUT2D eigenvalue weighted by Gasteiger charge is 2.43. The van der Waals surface area contributed by atoms with E-state index in [1.807, 2.05) is 0 Å². The Morgan fingerprint density at radius 2 is 1.84 bits per heavy atom. The molecular formula is C14H16F2O3. The van der Waals surface area contributed by atoms with E-state index in [0.717, 1.165) is 19.3 Å². The van der Waals surface area contributed by atoms with Crippen LogP contribution < -0.4 is 4.74 Å². The highest BCUT2D eigenvalue weighted by atomic mass is 19.1. The van der Waals surface area contributed by atoms with Crippen LogP contribution in [0, 0.1) is 11.6 Å². The van der Waals surface area contributed by atoms with E-state index in [0.29, 0.717) is 18.9 Å². The van der Waals surface area contributed by atoms with Crippen LogP contribution in [0.25, 0.3) is 0 Å². The van der Waals surface area contributed by atoms with Crippen molar-refractivity contribution < 1.29 is 23.4 Å². The number of methoxy groups -OCH3 is 1. The summed E-state index contributed by atoms with van der Waals surface area (Å²) in [6.07, 6.45) is 3.13. The summed E-state index contributed by atoms with van der Waals surface area (Å²) < 4.78 is 32.2. The number of halogens is 2. The summed E-state index contributed by atoms with van der Waals surface area (Å²) in [5.41, 5.74) is -1.23. The average molecular weight is 270 g/mol. The normalized spacial score (nSPS) is 18.1. The number of rotatable bonds is 3. The molecule has 0 amide bonds. The Balaban J connectivity index is 2.56. The van der Waals surface area contributed by atoms with Gasteiger partial charge in [0.2, 0.25) is 0 Å². The predicted octanol–water partition coefficient (Wildman–Crippen LogP) is 3.26. The van der Waals surface area contributed by atoms with Crippen LogP contribution in [0.4, 0.5) is 8.78 Å². The van der Waals surface area contributed by atoms with Crippen LogP contribution in [-0.4, -0.2) is 18.2 Å². The van der Waals surface area contributed by atoms with Crippen LogP contribution in [0.3, 0.4) is 0 Å². The fourth-order valence-electron chi connectivity index (χ4n) is 2.81. The molecule has 1 aliphatic rings. The van der Waals surface area contributed by atoms with Crippen molar-refractivity contribution in [1.82, 2.24) is 0 Å². The minimum atomic E-state index is -1.26. The lowest BCUT2D eigenvalue weighted by Gasteiger charge is -2.34. The van der Waals surface area contributed by atoms with Gasteiger partial charge in [0.25, 0.3) is 0 Å². The van der Waals surface area contributed by atoms with Gasteiger partial charge < -0.3 is 9.84 Å². The molecule has 104 valence electrons. The van der Waals surface area contributed by atoms with Crippen molar-refractivity contribution in [2.24, 2.45) is 0 Å². The molecule has 0 atom stereocenters. The van der Waals surface area contributed by atoms with Gasteiger partial charge in [0, 0.05) is 11.6 Å². The predicted molar refractivity (Wildman–Crippen MR) is 65.3 cm³/mol. The number of aliphatic carboxylic acids is 1. The minimum absolute atomic E-state index is 0.0259. The van der Waals surface area contributed by atoms with Gasteiger partial charge in [-0.15, -0.1) is 0 Å². The third-order valence-corrected chi connectivity index (χ3v) is 3.87.